The van der Waals surface area contributed by atoms with E-state index in [1.165, 1.54) is 6.26 Å². The molecule has 1 heterocycles. The van der Waals surface area contributed by atoms with Gasteiger partial charge in [-0.25, -0.2) is 4.79 Å². The normalized spacial score (nSPS) is 17.4. The monoisotopic (exact) mass is 435 g/mol. The molecule has 8 nitrogen and oxygen atoms in total. The molecule has 0 bridgehead atoms. The van der Waals surface area contributed by atoms with Crippen LogP contribution >= 0.6 is 0 Å². The van der Waals surface area contributed by atoms with E-state index in [2.05, 4.69) is 16.0 Å². The zero-order chi connectivity index (χ0) is 23.1. The van der Waals surface area contributed by atoms with E-state index in [1.807, 2.05) is 34.6 Å². The van der Waals surface area contributed by atoms with Crippen LogP contribution in [0, 0.1) is 5.92 Å². The van der Waals surface area contributed by atoms with E-state index >= 15 is 0 Å². The molecule has 1 aromatic rings. The molecule has 1 atom stereocenters. The van der Waals surface area contributed by atoms with Crippen molar-refractivity contribution in [2.24, 2.45) is 5.92 Å². The van der Waals surface area contributed by atoms with Crippen molar-refractivity contribution in [3.05, 3.63) is 24.2 Å². The van der Waals surface area contributed by atoms with Gasteiger partial charge in [0, 0.05) is 6.54 Å². The number of furan rings is 1. The van der Waals surface area contributed by atoms with Gasteiger partial charge in [-0.05, 0) is 51.7 Å². The molecule has 1 aliphatic carbocycles. The maximum absolute atomic E-state index is 13.0. The Kier molecular flexibility index (Phi) is 8.53. The van der Waals surface area contributed by atoms with Crippen LogP contribution in [0.4, 0.5) is 4.79 Å². The van der Waals surface area contributed by atoms with Crippen LogP contribution in [0.2, 0.25) is 0 Å². The maximum atomic E-state index is 13.0. The molecule has 31 heavy (non-hydrogen) atoms. The molecule has 1 fully saturated rings. The van der Waals surface area contributed by atoms with Crippen LogP contribution in [0.1, 0.15) is 83.7 Å². The maximum Gasteiger partial charge on any atom is 0.408 e. The number of amides is 3. The molecule has 8 heteroatoms. The Morgan fingerprint density at radius 1 is 1.13 bits per heavy atom. The van der Waals surface area contributed by atoms with E-state index in [1.54, 1.807) is 12.1 Å². The van der Waals surface area contributed by atoms with Gasteiger partial charge < -0.3 is 25.1 Å². The number of ether oxygens (including phenoxy) is 1. The second-order valence-corrected chi connectivity index (χ2v) is 9.71. The van der Waals surface area contributed by atoms with Crippen molar-refractivity contribution in [1.82, 2.24) is 16.0 Å². The number of hydrogen-bond donors (Lipinski definition) is 3. The SMILES string of the molecule is CC(C)C(NC(=O)c1ccco1)C(=O)NCC1(NC(=O)OC(C)(C)C)CCCCCC1. The quantitative estimate of drug-likeness (QED) is 0.565. The van der Waals surface area contributed by atoms with Gasteiger partial charge in [-0.2, -0.15) is 0 Å². The Morgan fingerprint density at radius 2 is 1.77 bits per heavy atom. The van der Waals surface area contributed by atoms with Crippen LogP contribution in [-0.4, -0.2) is 41.6 Å². The first-order valence-corrected chi connectivity index (χ1v) is 11.1. The smallest absolute Gasteiger partial charge is 0.408 e. The molecule has 1 aromatic heterocycles. The Balaban J connectivity index is 2.06. The highest BCUT2D eigenvalue weighted by molar-refractivity contribution is 5.95. The number of rotatable bonds is 7. The van der Waals surface area contributed by atoms with Crippen molar-refractivity contribution >= 4 is 17.9 Å². The number of hydrogen-bond acceptors (Lipinski definition) is 5. The van der Waals surface area contributed by atoms with Crippen LogP contribution in [0.3, 0.4) is 0 Å². The molecular weight excluding hydrogens is 398 g/mol. The third-order valence-electron chi connectivity index (χ3n) is 5.41. The lowest BCUT2D eigenvalue weighted by atomic mass is 9.89. The predicted molar refractivity (Wildman–Crippen MR) is 118 cm³/mol. The summed E-state index contributed by atoms with van der Waals surface area (Å²) in [5, 5.41) is 8.75. The van der Waals surface area contributed by atoms with Gasteiger partial charge >= 0.3 is 6.09 Å². The molecule has 0 aliphatic heterocycles. The molecule has 1 aliphatic rings. The summed E-state index contributed by atoms with van der Waals surface area (Å²) in [6.45, 7) is 9.49. The standard InChI is InChI=1S/C23H37N3O5/c1-16(2)18(25-19(27)17-11-10-14-30-17)20(28)24-15-23(12-8-6-7-9-13-23)26-21(29)31-22(3,4)5/h10-11,14,16,18H,6-9,12-13,15H2,1-5H3,(H,24,28)(H,25,27)(H,26,29). The minimum Gasteiger partial charge on any atom is -0.459 e. The van der Waals surface area contributed by atoms with Crippen LogP contribution < -0.4 is 16.0 Å². The van der Waals surface area contributed by atoms with Gasteiger partial charge in [-0.3, -0.25) is 9.59 Å². The molecule has 0 radical (unpaired) electrons. The second-order valence-electron chi connectivity index (χ2n) is 9.71. The highest BCUT2D eigenvalue weighted by Gasteiger charge is 2.36. The lowest BCUT2D eigenvalue weighted by Gasteiger charge is -2.35. The van der Waals surface area contributed by atoms with Gasteiger partial charge in [-0.1, -0.05) is 39.5 Å². The zero-order valence-electron chi connectivity index (χ0n) is 19.4. The highest BCUT2D eigenvalue weighted by Crippen LogP contribution is 2.27. The Morgan fingerprint density at radius 3 is 2.29 bits per heavy atom. The molecule has 0 aromatic carbocycles. The minimum absolute atomic E-state index is 0.122. The fourth-order valence-electron chi connectivity index (χ4n) is 3.79. The number of carbonyl (C=O) groups is 3. The fourth-order valence-corrected chi connectivity index (χ4v) is 3.79. The molecule has 1 saturated carbocycles. The van der Waals surface area contributed by atoms with E-state index < -0.39 is 29.2 Å². The van der Waals surface area contributed by atoms with Crippen molar-refractivity contribution in [2.75, 3.05) is 6.54 Å². The van der Waals surface area contributed by atoms with Gasteiger partial charge in [0.15, 0.2) is 5.76 Å². The van der Waals surface area contributed by atoms with Crippen molar-refractivity contribution in [3.8, 4) is 0 Å². The number of carbonyl (C=O) groups excluding carboxylic acids is 3. The molecule has 0 saturated heterocycles. The predicted octanol–water partition coefficient (Wildman–Crippen LogP) is 3.77. The summed E-state index contributed by atoms with van der Waals surface area (Å²) in [7, 11) is 0. The molecule has 2 rings (SSSR count). The average Bonchev–Trinajstić information content (AvgIpc) is 3.10. The first-order valence-electron chi connectivity index (χ1n) is 11.1. The molecule has 174 valence electrons. The molecule has 0 spiro atoms. The Bertz CT molecular complexity index is 729. The topological polar surface area (TPSA) is 110 Å². The summed E-state index contributed by atoms with van der Waals surface area (Å²) < 4.78 is 10.6. The average molecular weight is 436 g/mol. The van der Waals surface area contributed by atoms with Gasteiger partial charge in [0.25, 0.3) is 5.91 Å². The summed E-state index contributed by atoms with van der Waals surface area (Å²) in [5.74, 6) is -0.687. The van der Waals surface area contributed by atoms with Crippen molar-refractivity contribution in [2.45, 2.75) is 90.3 Å². The second kappa shape index (κ2) is 10.7. The van der Waals surface area contributed by atoms with Crippen LogP contribution in [0.5, 0.6) is 0 Å². The zero-order valence-corrected chi connectivity index (χ0v) is 19.4. The summed E-state index contributed by atoms with van der Waals surface area (Å²) in [5.41, 5.74) is -1.17. The molecule has 3 amide bonds. The molecular formula is C23H37N3O5. The number of nitrogens with one attached hydrogen (secondary N) is 3. The largest absolute Gasteiger partial charge is 0.459 e. The lowest BCUT2D eigenvalue weighted by Crippen LogP contribution is -2.59. The van der Waals surface area contributed by atoms with Crippen LogP contribution in [0.15, 0.2) is 22.8 Å². The Labute approximate surface area is 184 Å². The van der Waals surface area contributed by atoms with Crippen molar-refractivity contribution in [3.63, 3.8) is 0 Å². The van der Waals surface area contributed by atoms with Gasteiger partial charge in [0.05, 0.1) is 11.8 Å². The molecule has 1 unspecified atom stereocenters. The summed E-state index contributed by atoms with van der Waals surface area (Å²) in [4.78, 5) is 37.8. The Hall–Kier alpha value is -2.51. The summed E-state index contributed by atoms with van der Waals surface area (Å²) in [6, 6.07) is 2.45. The van der Waals surface area contributed by atoms with E-state index in [4.69, 9.17) is 9.15 Å². The lowest BCUT2D eigenvalue weighted by molar-refractivity contribution is -0.124. The fraction of sp³-hybridized carbons (Fsp3) is 0.696. The van der Waals surface area contributed by atoms with E-state index in [0.717, 1.165) is 38.5 Å². The van der Waals surface area contributed by atoms with E-state index in [9.17, 15) is 14.4 Å². The summed E-state index contributed by atoms with van der Waals surface area (Å²) >= 11 is 0. The highest BCUT2D eigenvalue weighted by atomic mass is 16.6. The van der Waals surface area contributed by atoms with Crippen molar-refractivity contribution in [1.29, 1.82) is 0 Å². The third-order valence-corrected chi connectivity index (χ3v) is 5.41. The third kappa shape index (κ3) is 7.92. The van der Waals surface area contributed by atoms with Crippen molar-refractivity contribution < 1.29 is 23.5 Å². The minimum atomic E-state index is -0.720. The molecule has 3 N–H and O–H groups in total. The van der Waals surface area contributed by atoms with Crippen LogP contribution in [-0.2, 0) is 9.53 Å². The number of alkyl carbamates (subject to hydrolysis) is 1. The van der Waals surface area contributed by atoms with Crippen LogP contribution in [0.25, 0.3) is 0 Å². The summed E-state index contributed by atoms with van der Waals surface area (Å²) in [6.07, 6.45) is 6.59. The van der Waals surface area contributed by atoms with Gasteiger partial charge in [0.2, 0.25) is 5.91 Å². The van der Waals surface area contributed by atoms with E-state index in [-0.39, 0.29) is 24.1 Å². The van der Waals surface area contributed by atoms with Gasteiger partial charge in [0.1, 0.15) is 11.6 Å². The first kappa shape index (κ1) is 24.8. The van der Waals surface area contributed by atoms with E-state index in [0.29, 0.717) is 0 Å². The first-order chi connectivity index (χ1) is 14.5. The van der Waals surface area contributed by atoms with Gasteiger partial charge in [-0.15, -0.1) is 0 Å².